The molecule has 0 amide bonds. The van der Waals surface area contributed by atoms with Gasteiger partial charge < -0.3 is 10.2 Å². The molecule has 0 aromatic carbocycles. The smallest absolute Gasteiger partial charge is 0.414 e. The van der Waals surface area contributed by atoms with Crippen LogP contribution in [0.4, 0.5) is 13.2 Å². The van der Waals surface area contributed by atoms with Crippen LogP contribution in [0.3, 0.4) is 0 Å². The standard InChI is InChI=1S/C13H21F3O3/c1-12(2,11(18)19)9-5-3-8(4-6-9)7-10(17)13(14,15)16/h8-10,17H,3-7H2,1-2H3,(H,18,19). The van der Waals surface area contributed by atoms with Gasteiger partial charge in [-0.1, -0.05) is 12.8 Å². The first-order chi connectivity index (χ1) is 8.55. The molecular formula is C13H21F3O3. The number of carboxylic acids is 1. The number of hydrogen-bond donors (Lipinski definition) is 2. The van der Waals surface area contributed by atoms with Crippen molar-refractivity contribution < 1.29 is 28.2 Å². The second kappa shape index (κ2) is 5.69. The van der Waals surface area contributed by atoms with Crippen LogP contribution in [0.1, 0.15) is 46.0 Å². The van der Waals surface area contributed by atoms with E-state index in [0.29, 0.717) is 25.7 Å². The molecule has 6 heteroatoms. The zero-order valence-corrected chi connectivity index (χ0v) is 11.2. The van der Waals surface area contributed by atoms with Crippen molar-refractivity contribution >= 4 is 5.97 Å². The Labute approximate surface area is 110 Å². The lowest BCUT2D eigenvalue weighted by Crippen LogP contribution is -2.37. The van der Waals surface area contributed by atoms with Crippen LogP contribution in [0, 0.1) is 17.3 Å². The van der Waals surface area contributed by atoms with Crippen molar-refractivity contribution in [1.29, 1.82) is 0 Å². The van der Waals surface area contributed by atoms with Crippen LogP contribution in [0.25, 0.3) is 0 Å². The molecule has 112 valence electrons. The minimum atomic E-state index is -4.56. The summed E-state index contributed by atoms with van der Waals surface area (Å²) in [5, 5.41) is 18.2. The number of hydrogen-bond acceptors (Lipinski definition) is 2. The highest BCUT2D eigenvalue weighted by Gasteiger charge is 2.42. The molecular weight excluding hydrogens is 261 g/mol. The summed E-state index contributed by atoms with van der Waals surface area (Å²) in [6.07, 6.45) is -4.78. The topological polar surface area (TPSA) is 57.5 Å². The van der Waals surface area contributed by atoms with E-state index >= 15 is 0 Å². The van der Waals surface area contributed by atoms with Gasteiger partial charge in [0.2, 0.25) is 0 Å². The zero-order valence-electron chi connectivity index (χ0n) is 11.2. The second-order valence-electron chi connectivity index (χ2n) is 6.04. The third-order valence-electron chi connectivity index (χ3n) is 4.35. The highest BCUT2D eigenvalue weighted by molar-refractivity contribution is 5.74. The monoisotopic (exact) mass is 282 g/mol. The minimum absolute atomic E-state index is 0.00993. The Morgan fingerprint density at radius 1 is 1.21 bits per heavy atom. The van der Waals surface area contributed by atoms with Gasteiger partial charge in [-0.2, -0.15) is 13.2 Å². The Morgan fingerprint density at radius 2 is 1.68 bits per heavy atom. The molecule has 0 aromatic rings. The van der Waals surface area contributed by atoms with Gasteiger partial charge in [-0.15, -0.1) is 0 Å². The van der Waals surface area contributed by atoms with Crippen LogP contribution < -0.4 is 0 Å². The van der Waals surface area contributed by atoms with E-state index < -0.39 is 23.7 Å². The summed E-state index contributed by atoms with van der Waals surface area (Å²) in [4.78, 5) is 11.1. The average Bonchev–Trinajstić information content (AvgIpc) is 2.28. The highest BCUT2D eigenvalue weighted by Crippen LogP contribution is 2.42. The molecule has 1 rings (SSSR count). The van der Waals surface area contributed by atoms with Gasteiger partial charge in [0, 0.05) is 0 Å². The van der Waals surface area contributed by atoms with Gasteiger partial charge in [0.1, 0.15) is 6.10 Å². The number of alkyl halides is 3. The second-order valence-corrected chi connectivity index (χ2v) is 6.04. The van der Waals surface area contributed by atoms with E-state index in [4.69, 9.17) is 10.2 Å². The molecule has 0 aromatic heterocycles. The summed E-state index contributed by atoms with van der Waals surface area (Å²) in [6.45, 7) is 3.32. The fraction of sp³-hybridized carbons (Fsp3) is 0.923. The number of carbonyl (C=O) groups is 1. The van der Waals surface area contributed by atoms with Gasteiger partial charge in [-0.25, -0.2) is 0 Å². The van der Waals surface area contributed by atoms with Gasteiger partial charge in [0.15, 0.2) is 0 Å². The summed E-state index contributed by atoms with van der Waals surface area (Å²) in [7, 11) is 0. The van der Waals surface area contributed by atoms with Crippen molar-refractivity contribution in [3.8, 4) is 0 Å². The Kier molecular flexibility index (Phi) is 4.87. The summed E-state index contributed by atoms with van der Waals surface area (Å²) < 4.78 is 36.7. The third kappa shape index (κ3) is 4.09. The first-order valence-corrected chi connectivity index (χ1v) is 6.53. The zero-order chi connectivity index (χ0) is 14.8. The summed E-state index contributed by atoms with van der Waals surface area (Å²) in [6, 6.07) is 0. The van der Waals surface area contributed by atoms with Crippen LogP contribution in [0.2, 0.25) is 0 Å². The van der Waals surface area contributed by atoms with E-state index in [2.05, 4.69) is 0 Å². The molecule has 2 N–H and O–H groups in total. The first-order valence-electron chi connectivity index (χ1n) is 6.53. The molecule has 1 saturated carbocycles. The van der Waals surface area contributed by atoms with E-state index in [0.717, 1.165) is 0 Å². The molecule has 0 radical (unpaired) electrons. The third-order valence-corrected chi connectivity index (χ3v) is 4.35. The van der Waals surface area contributed by atoms with Crippen molar-refractivity contribution in [2.24, 2.45) is 17.3 Å². The molecule has 0 aliphatic heterocycles. The highest BCUT2D eigenvalue weighted by atomic mass is 19.4. The minimum Gasteiger partial charge on any atom is -0.481 e. The molecule has 0 saturated heterocycles. The van der Waals surface area contributed by atoms with Crippen LogP contribution in [-0.4, -0.2) is 28.5 Å². The van der Waals surface area contributed by atoms with Crippen molar-refractivity contribution in [2.45, 2.75) is 58.2 Å². The normalized spacial score (nSPS) is 27.1. The number of carboxylic acid groups (broad SMARTS) is 1. The van der Waals surface area contributed by atoms with E-state index in [9.17, 15) is 18.0 Å². The molecule has 1 aliphatic rings. The van der Waals surface area contributed by atoms with E-state index in [1.165, 1.54) is 0 Å². The maximum Gasteiger partial charge on any atom is 0.414 e. The molecule has 1 atom stereocenters. The summed E-state index contributed by atoms with van der Waals surface area (Å²) in [5.74, 6) is -1.05. The molecule has 0 heterocycles. The van der Waals surface area contributed by atoms with Gasteiger partial charge >= 0.3 is 12.1 Å². The SMILES string of the molecule is CC(C)(C(=O)O)C1CCC(CC(O)C(F)(F)F)CC1. The predicted octanol–water partition coefficient (Wildman–Crippen LogP) is 3.22. The molecule has 0 spiro atoms. The molecule has 1 fully saturated rings. The molecule has 3 nitrogen and oxygen atoms in total. The first kappa shape index (κ1) is 16.3. The average molecular weight is 282 g/mol. The fourth-order valence-electron chi connectivity index (χ4n) is 2.74. The fourth-order valence-corrected chi connectivity index (χ4v) is 2.74. The Bertz CT molecular complexity index is 318. The number of halogens is 3. The maximum atomic E-state index is 12.2. The number of aliphatic hydroxyl groups excluding tert-OH is 1. The lowest BCUT2D eigenvalue weighted by Gasteiger charge is -2.37. The number of rotatable bonds is 4. The van der Waals surface area contributed by atoms with Crippen molar-refractivity contribution in [2.75, 3.05) is 0 Å². The maximum absolute atomic E-state index is 12.2. The molecule has 19 heavy (non-hydrogen) atoms. The van der Waals surface area contributed by atoms with Gasteiger partial charge in [0.25, 0.3) is 0 Å². The van der Waals surface area contributed by atoms with Crippen LogP contribution in [0.15, 0.2) is 0 Å². The van der Waals surface area contributed by atoms with Crippen molar-refractivity contribution in [1.82, 2.24) is 0 Å². The van der Waals surface area contributed by atoms with E-state index in [1.54, 1.807) is 13.8 Å². The lowest BCUT2D eigenvalue weighted by atomic mass is 9.68. The van der Waals surface area contributed by atoms with Crippen molar-refractivity contribution in [3.63, 3.8) is 0 Å². The summed E-state index contributed by atoms with van der Waals surface area (Å²) >= 11 is 0. The number of aliphatic hydroxyl groups is 1. The predicted molar refractivity (Wildman–Crippen MR) is 63.5 cm³/mol. The summed E-state index contributed by atoms with van der Waals surface area (Å²) in [5.41, 5.74) is -0.840. The largest absolute Gasteiger partial charge is 0.481 e. The Morgan fingerprint density at radius 3 is 2.05 bits per heavy atom. The van der Waals surface area contributed by atoms with E-state index in [1.807, 2.05) is 0 Å². The van der Waals surface area contributed by atoms with Gasteiger partial charge in [-0.3, -0.25) is 4.79 Å². The Hall–Kier alpha value is -0.780. The Balaban J connectivity index is 2.48. The molecule has 1 aliphatic carbocycles. The van der Waals surface area contributed by atoms with Crippen LogP contribution in [-0.2, 0) is 4.79 Å². The van der Waals surface area contributed by atoms with Crippen LogP contribution >= 0.6 is 0 Å². The number of aliphatic carboxylic acids is 1. The molecule has 1 unspecified atom stereocenters. The van der Waals surface area contributed by atoms with Crippen molar-refractivity contribution in [3.05, 3.63) is 0 Å². The van der Waals surface area contributed by atoms with Gasteiger partial charge in [0.05, 0.1) is 5.41 Å². The van der Waals surface area contributed by atoms with Crippen LogP contribution in [0.5, 0.6) is 0 Å². The molecule has 0 bridgehead atoms. The van der Waals surface area contributed by atoms with Gasteiger partial charge in [-0.05, 0) is 44.9 Å². The lowest BCUT2D eigenvalue weighted by molar-refractivity contribution is -0.209. The quantitative estimate of drug-likeness (QED) is 0.832. The van der Waals surface area contributed by atoms with E-state index in [-0.39, 0.29) is 18.3 Å².